The third kappa shape index (κ3) is 3.21. The van der Waals surface area contributed by atoms with Gasteiger partial charge in [0.1, 0.15) is 0 Å². The van der Waals surface area contributed by atoms with Gasteiger partial charge in [-0.15, -0.1) is 0 Å². The van der Waals surface area contributed by atoms with Crippen molar-refractivity contribution in [3.05, 3.63) is 29.5 Å². The molecular formula is C16H21F2NO3. The maximum atomic E-state index is 14.1. The van der Waals surface area contributed by atoms with Crippen molar-refractivity contribution in [3.8, 4) is 5.75 Å². The van der Waals surface area contributed by atoms with Gasteiger partial charge in [-0.1, -0.05) is 13.8 Å². The van der Waals surface area contributed by atoms with E-state index >= 15 is 0 Å². The van der Waals surface area contributed by atoms with E-state index in [1.165, 1.54) is 13.2 Å². The van der Waals surface area contributed by atoms with Gasteiger partial charge in [0.15, 0.2) is 17.4 Å². The molecule has 1 heterocycles. The van der Waals surface area contributed by atoms with Crippen LogP contribution < -0.4 is 4.74 Å². The second-order valence-electron chi connectivity index (χ2n) is 4.69. The predicted molar refractivity (Wildman–Crippen MR) is 81.5 cm³/mol. The number of fused-ring (bicyclic) bond motifs is 1. The molecule has 0 fully saturated rings. The van der Waals surface area contributed by atoms with Crippen molar-refractivity contribution < 1.29 is 23.0 Å². The van der Waals surface area contributed by atoms with E-state index in [4.69, 9.17) is 4.74 Å². The summed E-state index contributed by atoms with van der Waals surface area (Å²) in [6.45, 7) is 9.01. The molecule has 0 saturated heterocycles. The smallest absolute Gasteiger partial charge is 0.418 e. The number of hydrogen-bond donors (Lipinski definition) is 0. The summed E-state index contributed by atoms with van der Waals surface area (Å²) in [4.78, 5) is 12.0. The first kappa shape index (κ1) is 17.9. The summed E-state index contributed by atoms with van der Waals surface area (Å²) >= 11 is 0. The van der Waals surface area contributed by atoms with Crippen molar-refractivity contribution in [3.63, 3.8) is 0 Å². The zero-order valence-electron chi connectivity index (χ0n) is 13.7. The zero-order chi connectivity index (χ0) is 17.0. The van der Waals surface area contributed by atoms with Gasteiger partial charge in [0, 0.05) is 17.1 Å². The number of rotatable bonds is 2. The first-order valence-electron chi connectivity index (χ1n) is 7.11. The number of carbonyl (C=O) groups excluding carboxylic acids is 1. The lowest BCUT2D eigenvalue weighted by Gasteiger charge is -2.11. The largest absolute Gasteiger partial charge is 0.491 e. The van der Waals surface area contributed by atoms with Gasteiger partial charge in [0.25, 0.3) is 0 Å². The van der Waals surface area contributed by atoms with Crippen LogP contribution in [0.2, 0.25) is 0 Å². The highest BCUT2D eigenvalue weighted by Gasteiger charge is 2.22. The molecule has 0 radical (unpaired) electrons. The molecule has 0 unspecified atom stereocenters. The highest BCUT2D eigenvalue weighted by atomic mass is 19.1. The van der Waals surface area contributed by atoms with Crippen molar-refractivity contribution >= 4 is 17.0 Å². The highest BCUT2D eigenvalue weighted by Crippen LogP contribution is 2.31. The molecule has 4 nitrogen and oxygen atoms in total. The molecule has 2 aromatic rings. The Hall–Kier alpha value is -2.11. The van der Waals surface area contributed by atoms with Crippen LogP contribution in [0.3, 0.4) is 0 Å². The third-order valence-electron chi connectivity index (χ3n) is 2.86. The normalized spacial score (nSPS) is 10.4. The number of aryl methyl sites for hydroxylation is 1. The van der Waals surface area contributed by atoms with Crippen molar-refractivity contribution in [2.45, 2.75) is 40.7 Å². The molecular weight excluding hydrogens is 292 g/mol. The van der Waals surface area contributed by atoms with Crippen LogP contribution in [0.25, 0.3) is 10.9 Å². The molecule has 122 valence electrons. The maximum Gasteiger partial charge on any atom is 0.418 e. The fourth-order valence-corrected chi connectivity index (χ4v) is 2.07. The van der Waals surface area contributed by atoms with E-state index in [0.717, 1.165) is 10.6 Å². The quantitative estimate of drug-likeness (QED) is 0.810. The van der Waals surface area contributed by atoms with Gasteiger partial charge in [-0.2, -0.15) is 0 Å². The Balaban J connectivity index is 0.00000116. The number of benzene rings is 1. The van der Waals surface area contributed by atoms with Gasteiger partial charge in [0.2, 0.25) is 0 Å². The van der Waals surface area contributed by atoms with E-state index in [2.05, 4.69) is 4.74 Å². The molecule has 0 aliphatic heterocycles. The van der Waals surface area contributed by atoms with E-state index in [-0.39, 0.29) is 17.0 Å². The first-order chi connectivity index (χ1) is 10.4. The Morgan fingerprint density at radius 2 is 1.82 bits per heavy atom. The van der Waals surface area contributed by atoms with Gasteiger partial charge >= 0.3 is 6.09 Å². The van der Waals surface area contributed by atoms with Crippen molar-refractivity contribution in [1.82, 2.24) is 4.57 Å². The maximum absolute atomic E-state index is 14.1. The molecule has 1 aromatic carbocycles. The minimum Gasteiger partial charge on any atom is -0.491 e. The average Bonchev–Trinajstić information content (AvgIpc) is 2.77. The first-order valence-corrected chi connectivity index (χ1v) is 7.11. The molecule has 0 atom stereocenters. The summed E-state index contributed by atoms with van der Waals surface area (Å²) in [6, 6.07) is 2.51. The molecule has 22 heavy (non-hydrogen) atoms. The van der Waals surface area contributed by atoms with Crippen LogP contribution >= 0.6 is 0 Å². The molecule has 0 amide bonds. The minimum atomic E-state index is -0.866. The molecule has 0 aliphatic rings. The molecule has 2 rings (SSSR count). The Labute approximate surface area is 128 Å². The van der Waals surface area contributed by atoms with Crippen LogP contribution in [0.5, 0.6) is 5.75 Å². The van der Waals surface area contributed by atoms with E-state index in [0.29, 0.717) is 5.69 Å². The molecule has 0 N–H and O–H groups in total. The third-order valence-corrected chi connectivity index (χ3v) is 2.86. The summed E-state index contributed by atoms with van der Waals surface area (Å²) in [6.07, 6.45) is -0.997. The summed E-state index contributed by atoms with van der Waals surface area (Å²) < 4.78 is 38.8. The zero-order valence-corrected chi connectivity index (χ0v) is 13.7. The summed E-state index contributed by atoms with van der Waals surface area (Å²) in [5.74, 6) is -2.16. The molecule has 0 aliphatic carbocycles. The SMILES string of the molecule is CC.COc1c(F)cc2c(cc(C)n2C(=O)OC(C)C)c1F. The van der Waals surface area contributed by atoms with Gasteiger partial charge in [0.05, 0.1) is 18.7 Å². The molecule has 0 saturated carbocycles. The van der Waals surface area contributed by atoms with Crippen molar-refractivity contribution in [1.29, 1.82) is 0 Å². The summed E-state index contributed by atoms with van der Waals surface area (Å²) in [5.41, 5.74) is 0.571. The van der Waals surface area contributed by atoms with E-state index < -0.39 is 23.5 Å². The summed E-state index contributed by atoms with van der Waals surface area (Å²) in [7, 11) is 1.18. The van der Waals surface area contributed by atoms with Crippen molar-refractivity contribution in [2.24, 2.45) is 0 Å². The van der Waals surface area contributed by atoms with Crippen molar-refractivity contribution in [2.75, 3.05) is 7.11 Å². The second kappa shape index (κ2) is 7.24. The van der Waals surface area contributed by atoms with Gasteiger partial charge in [-0.25, -0.2) is 18.1 Å². The van der Waals surface area contributed by atoms with Gasteiger partial charge in [-0.05, 0) is 26.8 Å². The summed E-state index contributed by atoms with van der Waals surface area (Å²) in [5, 5.41) is 0.112. The number of aromatic nitrogens is 1. The van der Waals surface area contributed by atoms with E-state index in [9.17, 15) is 13.6 Å². The standard InChI is InChI=1S/C14H15F2NO3.C2H6/c1-7(2)20-14(18)17-8(3)5-9-11(17)6-10(15)13(19-4)12(9)16;1-2/h5-7H,1-4H3;1-2H3. The average molecular weight is 313 g/mol. The van der Waals surface area contributed by atoms with Crippen LogP contribution in [-0.4, -0.2) is 23.9 Å². The fourth-order valence-electron chi connectivity index (χ4n) is 2.07. The molecule has 0 bridgehead atoms. The highest BCUT2D eigenvalue weighted by molar-refractivity contribution is 5.92. The Kier molecular flexibility index (Phi) is 5.91. The monoisotopic (exact) mass is 313 g/mol. The lowest BCUT2D eigenvalue weighted by Crippen LogP contribution is -2.18. The molecule has 1 aromatic heterocycles. The van der Waals surface area contributed by atoms with Gasteiger partial charge < -0.3 is 9.47 Å². The van der Waals surface area contributed by atoms with Crippen LogP contribution in [0.15, 0.2) is 12.1 Å². The molecule has 6 heteroatoms. The van der Waals surface area contributed by atoms with Crippen LogP contribution in [-0.2, 0) is 4.74 Å². The topological polar surface area (TPSA) is 40.5 Å². The number of halogens is 2. The number of nitrogens with zero attached hydrogens (tertiary/aromatic N) is 1. The number of ether oxygens (including phenoxy) is 2. The fraction of sp³-hybridized carbons (Fsp3) is 0.438. The van der Waals surface area contributed by atoms with Crippen LogP contribution in [0, 0.1) is 18.6 Å². The second-order valence-corrected chi connectivity index (χ2v) is 4.69. The van der Waals surface area contributed by atoms with E-state index in [1.54, 1.807) is 20.8 Å². The Bertz CT molecular complexity index is 678. The van der Waals surface area contributed by atoms with Crippen LogP contribution in [0.1, 0.15) is 33.4 Å². The lowest BCUT2D eigenvalue weighted by atomic mass is 10.2. The van der Waals surface area contributed by atoms with Gasteiger partial charge in [-0.3, -0.25) is 0 Å². The number of carbonyl (C=O) groups is 1. The Morgan fingerprint density at radius 1 is 1.23 bits per heavy atom. The minimum absolute atomic E-state index is 0.112. The lowest BCUT2D eigenvalue weighted by molar-refractivity contribution is 0.117. The van der Waals surface area contributed by atoms with E-state index in [1.807, 2.05) is 13.8 Å². The number of hydrogen-bond acceptors (Lipinski definition) is 3. The van der Waals surface area contributed by atoms with Crippen LogP contribution in [0.4, 0.5) is 13.6 Å². The number of methoxy groups -OCH3 is 1. The Morgan fingerprint density at radius 3 is 2.32 bits per heavy atom. The predicted octanol–water partition coefficient (Wildman–Crippen LogP) is 4.66. The molecule has 0 spiro atoms.